The van der Waals surface area contributed by atoms with E-state index in [0.717, 1.165) is 0 Å². The molecule has 0 amide bonds. The number of hydrogen-bond donors (Lipinski definition) is 1. The van der Waals surface area contributed by atoms with Crippen molar-refractivity contribution in [2.24, 2.45) is 0 Å². The highest BCUT2D eigenvalue weighted by Crippen LogP contribution is 2.27. The van der Waals surface area contributed by atoms with E-state index in [9.17, 15) is 9.90 Å². The average molecular weight is 264 g/mol. The second kappa shape index (κ2) is 4.63. The van der Waals surface area contributed by atoms with Crippen molar-refractivity contribution in [2.75, 3.05) is 5.88 Å². The Labute approximate surface area is 89.7 Å². The summed E-state index contributed by atoms with van der Waals surface area (Å²) in [6.07, 6.45) is 0.175. The van der Waals surface area contributed by atoms with Gasteiger partial charge in [0.05, 0.1) is 10.4 Å². The molecule has 4 heteroatoms. The van der Waals surface area contributed by atoms with E-state index in [1.807, 2.05) is 0 Å². The number of hydrogen-bond acceptors (Lipinski definition) is 2. The molecule has 1 rings (SSSR count). The van der Waals surface area contributed by atoms with Gasteiger partial charge in [-0.2, -0.15) is 0 Å². The van der Waals surface area contributed by atoms with Crippen LogP contribution in [0.4, 0.5) is 0 Å². The Morgan fingerprint density at radius 1 is 1.54 bits per heavy atom. The van der Waals surface area contributed by atoms with Gasteiger partial charge in [0, 0.05) is 12.0 Å². The molecular formula is C9H8BrClO2. The molecule has 0 radical (unpaired) electrons. The van der Waals surface area contributed by atoms with Crippen LogP contribution in [-0.2, 0) is 11.2 Å². The third-order valence-corrected chi connectivity index (χ3v) is 2.55. The smallest absolute Gasteiger partial charge is 0.152 e. The molecule has 0 saturated carbocycles. The van der Waals surface area contributed by atoms with Crippen molar-refractivity contribution in [3.8, 4) is 5.75 Å². The number of Topliss-reactive ketones (excluding diaryl/α,β-unsaturated/α-hetero) is 1. The zero-order valence-corrected chi connectivity index (χ0v) is 9.10. The Bertz CT molecular complexity index is 325. The lowest BCUT2D eigenvalue weighted by atomic mass is 10.1. The predicted octanol–water partition coefficient (Wildman–Crippen LogP) is 2.51. The third-order valence-electron chi connectivity index (χ3n) is 1.61. The first kappa shape index (κ1) is 10.5. The Kier molecular flexibility index (Phi) is 3.75. The van der Waals surface area contributed by atoms with Gasteiger partial charge in [-0.1, -0.05) is 12.1 Å². The van der Waals surface area contributed by atoms with Crippen molar-refractivity contribution in [3.05, 3.63) is 28.2 Å². The number of ketones is 1. The van der Waals surface area contributed by atoms with Gasteiger partial charge in [-0.05, 0) is 22.0 Å². The Hall–Kier alpha value is -0.540. The molecule has 0 spiro atoms. The van der Waals surface area contributed by atoms with Gasteiger partial charge in [0.2, 0.25) is 0 Å². The lowest BCUT2D eigenvalue weighted by Gasteiger charge is -2.03. The number of aromatic hydroxyl groups is 1. The van der Waals surface area contributed by atoms with E-state index in [0.29, 0.717) is 10.0 Å². The van der Waals surface area contributed by atoms with Gasteiger partial charge in [0.25, 0.3) is 0 Å². The molecular weight excluding hydrogens is 255 g/mol. The summed E-state index contributed by atoms with van der Waals surface area (Å²) in [6, 6.07) is 5.18. The summed E-state index contributed by atoms with van der Waals surface area (Å²) in [7, 11) is 0. The minimum Gasteiger partial charge on any atom is -0.506 e. The molecule has 0 saturated heterocycles. The third kappa shape index (κ3) is 2.71. The summed E-state index contributed by atoms with van der Waals surface area (Å²) in [4.78, 5) is 11.0. The van der Waals surface area contributed by atoms with E-state index in [1.54, 1.807) is 18.2 Å². The number of rotatable bonds is 3. The van der Waals surface area contributed by atoms with Crippen LogP contribution in [0.3, 0.4) is 0 Å². The molecule has 13 heavy (non-hydrogen) atoms. The van der Waals surface area contributed by atoms with Gasteiger partial charge in [0.1, 0.15) is 5.75 Å². The quantitative estimate of drug-likeness (QED) is 0.851. The summed E-state index contributed by atoms with van der Waals surface area (Å²) < 4.78 is 0.590. The topological polar surface area (TPSA) is 37.3 Å². The van der Waals surface area contributed by atoms with Crippen LogP contribution >= 0.6 is 27.5 Å². The molecule has 1 aromatic rings. The fourth-order valence-electron chi connectivity index (χ4n) is 0.962. The fourth-order valence-corrected chi connectivity index (χ4v) is 1.46. The first-order valence-electron chi connectivity index (χ1n) is 3.69. The second-order valence-electron chi connectivity index (χ2n) is 2.60. The van der Waals surface area contributed by atoms with E-state index < -0.39 is 0 Å². The van der Waals surface area contributed by atoms with E-state index in [1.165, 1.54) is 0 Å². The number of halogens is 2. The standard InChI is InChI=1S/C9H8BrClO2/c10-8-3-1-2-6(9(8)13)4-7(12)5-11/h1-3,13H,4-5H2. The van der Waals surface area contributed by atoms with Crippen LogP contribution in [0, 0.1) is 0 Å². The Morgan fingerprint density at radius 2 is 2.23 bits per heavy atom. The Balaban J connectivity index is 2.89. The fraction of sp³-hybridized carbons (Fsp3) is 0.222. The lowest BCUT2D eigenvalue weighted by molar-refractivity contribution is -0.116. The summed E-state index contributed by atoms with van der Waals surface area (Å²) >= 11 is 8.51. The largest absolute Gasteiger partial charge is 0.506 e. The predicted molar refractivity (Wildman–Crippen MR) is 55.2 cm³/mol. The minimum absolute atomic E-state index is 0.0219. The SMILES string of the molecule is O=C(CCl)Cc1cccc(Br)c1O. The van der Waals surface area contributed by atoms with Crippen molar-refractivity contribution in [3.63, 3.8) is 0 Å². The van der Waals surface area contributed by atoms with Gasteiger partial charge in [-0.3, -0.25) is 4.79 Å². The lowest BCUT2D eigenvalue weighted by Crippen LogP contribution is -2.03. The maximum absolute atomic E-state index is 11.0. The van der Waals surface area contributed by atoms with Crippen LogP contribution in [0.1, 0.15) is 5.56 Å². The molecule has 2 nitrogen and oxygen atoms in total. The second-order valence-corrected chi connectivity index (χ2v) is 3.72. The van der Waals surface area contributed by atoms with Crippen LogP contribution < -0.4 is 0 Å². The monoisotopic (exact) mass is 262 g/mol. The number of para-hydroxylation sites is 1. The number of carbonyl (C=O) groups is 1. The van der Waals surface area contributed by atoms with Crippen molar-refractivity contribution >= 4 is 33.3 Å². The highest BCUT2D eigenvalue weighted by atomic mass is 79.9. The minimum atomic E-state index is -0.102. The molecule has 1 aromatic carbocycles. The van der Waals surface area contributed by atoms with Crippen molar-refractivity contribution in [2.45, 2.75) is 6.42 Å². The summed E-state index contributed by atoms with van der Waals surface area (Å²) in [5, 5.41) is 9.50. The van der Waals surface area contributed by atoms with Crippen molar-refractivity contribution in [1.29, 1.82) is 0 Å². The first-order valence-corrected chi connectivity index (χ1v) is 5.02. The average Bonchev–Trinajstić information content (AvgIpc) is 2.13. The van der Waals surface area contributed by atoms with Crippen LogP contribution in [0.2, 0.25) is 0 Å². The molecule has 0 aliphatic carbocycles. The molecule has 0 aliphatic rings. The molecule has 1 N–H and O–H groups in total. The van der Waals surface area contributed by atoms with Gasteiger partial charge in [-0.15, -0.1) is 11.6 Å². The number of carbonyl (C=O) groups excluding carboxylic acids is 1. The molecule has 0 unspecified atom stereocenters. The molecule has 0 fully saturated rings. The molecule has 0 atom stereocenters. The number of alkyl halides is 1. The van der Waals surface area contributed by atoms with Crippen LogP contribution in [0.15, 0.2) is 22.7 Å². The molecule has 70 valence electrons. The van der Waals surface area contributed by atoms with Crippen molar-refractivity contribution < 1.29 is 9.90 Å². The van der Waals surface area contributed by atoms with E-state index >= 15 is 0 Å². The zero-order chi connectivity index (χ0) is 9.84. The van der Waals surface area contributed by atoms with Crippen LogP contribution in [-0.4, -0.2) is 16.8 Å². The summed E-state index contributed by atoms with van der Waals surface area (Å²) in [5.41, 5.74) is 0.597. The van der Waals surface area contributed by atoms with Gasteiger partial charge in [0.15, 0.2) is 5.78 Å². The van der Waals surface area contributed by atoms with E-state index in [4.69, 9.17) is 11.6 Å². The van der Waals surface area contributed by atoms with Crippen LogP contribution in [0.5, 0.6) is 5.75 Å². The molecule has 0 aromatic heterocycles. The van der Waals surface area contributed by atoms with E-state index in [-0.39, 0.29) is 23.8 Å². The zero-order valence-electron chi connectivity index (χ0n) is 6.76. The Morgan fingerprint density at radius 3 is 2.85 bits per heavy atom. The number of phenols is 1. The molecule has 0 aliphatic heterocycles. The first-order chi connectivity index (χ1) is 6.15. The number of phenolic OH excluding ortho intramolecular Hbond substituents is 1. The van der Waals surface area contributed by atoms with Gasteiger partial charge in [-0.25, -0.2) is 0 Å². The van der Waals surface area contributed by atoms with Crippen LogP contribution in [0.25, 0.3) is 0 Å². The highest BCUT2D eigenvalue weighted by molar-refractivity contribution is 9.10. The van der Waals surface area contributed by atoms with Gasteiger partial charge >= 0.3 is 0 Å². The summed E-state index contributed by atoms with van der Waals surface area (Å²) in [5.74, 6) is -0.0117. The normalized spacial score (nSPS) is 10.0. The van der Waals surface area contributed by atoms with Crippen molar-refractivity contribution in [1.82, 2.24) is 0 Å². The maximum atomic E-state index is 11.0. The summed E-state index contributed by atoms with van der Waals surface area (Å²) in [6.45, 7) is 0. The highest BCUT2D eigenvalue weighted by Gasteiger charge is 2.08. The van der Waals surface area contributed by atoms with Gasteiger partial charge < -0.3 is 5.11 Å². The number of benzene rings is 1. The molecule has 0 bridgehead atoms. The van der Waals surface area contributed by atoms with E-state index in [2.05, 4.69) is 15.9 Å². The molecule has 0 heterocycles. The maximum Gasteiger partial charge on any atom is 0.152 e.